The molecule has 0 radical (unpaired) electrons. The summed E-state index contributed by atoms with van der Waals surface area (Å²) >= 11 is 1.80. The topological polar surface area (TPSA) is 0 Å². The molecule has 0 saturated heterocycles. The van der Waals surface area contributed by atoms with Crippen LogP contribution in [-0.2, 0) is 0 Å². The highest BCUT2D eigenvalue weighted by atomic mass is 32.1. The van der Waals surface area contributed by atoms with Crippen LogP contribution < -0.4 is 0 Å². The van der Waals surface area contributed by atoms with Gasteiger partial charge < -0.3 is 0 Å². The molecule has 1 atom stereocenters. The minimum Gasteiger partial charge on any atom is -0.135 e. The Morgan fingerprint density at radius 2 is 2.11 bits per heavy atom. The van der Waals surface area contributed by atoms with Gasteiger partial charge in [-0.25, -0.2) is 0 Å². The highest BCUT2D eigenvalue weighted by molar-refractivity contribution is 7.20. The van der Waals surface area contributed by atoms with Gasteiger partial charge >= 0.3 is 0 Å². The van der Waals surface area contributed by atoms with Gasteiger partial charge in [-0.15, -0.1) is 11.3 Å². The summed E-state index contributed by atoms with van der Waals surface area (Å²) in [5, 5.41) is 1.30. The van der Waals surface area contributed by atoms with E-state index in [0.717, 1.165) is 5.57 Å². The fourth-order valence-corrected chi connectivity index (χ4v) is 2.80. The lowest BCUT2D eigenvalue weighted by molar-refractivity contribution is 0.698. The van der Waals surface area contributed by atoms with Crippen LogP contribution in [0.4, 0.5) is 0 Å². The summed E-state index contributed by atoms with van der Waals surface area (Å²) < 4.78 is 1.32. The SMILES string of the molecule is C=C(/C=C\C=C/C(C)CC)c1cc2ccccc2s1. The monoisotopic (exact) mass is 268 g/mol. The van der Waals surface area contributed by atoms with Gasteiger partial charge in [0.1, 0.15) is 0 Å². The first kappa shape index (κ1) is 13.8. The molecule has 0 aliphatic carbocycles. The Morgan fingerprint density at radius 3 is 2.84 bits per heavy atom. The van der Waals surface area contributed by atoms with Crippen molar-refractivity contribution in [2.45, 2.75) is 20.3 Å². The molecule has 0 fully saturated rings. The average Bonchev–Trinajstić information content (AvgIpc) is 2.87. The zero-order chi connectivity index (χ0) is 13.7. The van der Waals surface area contributed by atoms with Crippen molar-refractivity contribution in [2.75, 3.05) is 0 Å². The second-order valence-corrected chi connectivity index (χ2v) is 5.89. The first-order chi connectivity index (χ1) is 9.20. The third-order valence-electron chi connectivity index (χ3n) is 3.23. The van der Waals surface area contributed by atoms with Gasteiger partial charge in [-0.05, 0) is 29.0 Å². The van der Waals surface area contributed by atoms with E-state index < -0.39 is 0 Å². The zero-order valence-electron chi connectivity index (χ0n) is 11.6. The Labute approximate surface area is 119 Å². The number of fused-ring (bicyclic) bond motifs is 1. The van der Waals surface area contributed by atoms with E-state index in [2.05, 4.69) is 75.1 Å². The van der Waals surface area contributed by atoms with Gasteiger partial charge in [0.25, 0.3) is 0 Å². The second-order valence-electron chi connectivity index (χ2n) is 4.80. The van der Waals surface area contributed by atoms with Crippen LogP contribution in [0.1, 0.15) is 25.1 Å². The number of thiophene rings is 1. The van der Waals surface area contributed by atoms with E-state index in [1.807, 2.05) is 0 Å². The number of allylic oxidation sites excluding steroid dienone is 5. The Bertz CT molecular complexity index is 580. The molecule has 2 aromatic rings. The van der Waals surface area contributed by atoms with Crippen LogP contribution in [0.15, 0.2) is 61.2 Å². The van der Waals surface area contributed by atoms with E-state index in [9.17, 15) is 0 Å². The normalized spacial score (nSPS) is 13.6. The largest absolute Gasteiger partial charge is 0.135 e. The van der Waals surface area contributed by atoms with Crippen LogP contribution in [0.3, 0.4) is 0 Å². The third kappa shape index (κ3) is 3.68. The van der Waals surface area contributed by atoms with Crippen molar-refractivity contribution < 1.29 is 0 Å². The van der Waals surface area contributed by atoms with Crippen LogP contribution in [0, 0.1) is 5.92 Å². The Balaban J connectivity index is 2.07. The fraction of sp³-hybridized carbons (Fsp3) is 0.222. The molecule has 0 bridgehead atoms. The van der Waals surface area contributed by atoms with Crippen LogP contribution in [0.2, 0.25) is 0 Å². The first-order valence-corrected chi connectivity index (χ1v) is 7.55. The maximum absolute atomic E-state index is 4.15. The van der Waals surface area contributed by atoms with Gasteiger partial charge in [-0.3, -0.25) is 0 Å². The average molecular weight is 268 g/mol. The summed E-state index contributed by atoms with van der Waals surface area (Å²) in [6.45, 7) is 8.58. The lowest BCUT2D eigenvalue weighted by Crippen LogP contribution is -1.82. The van der Waals surface area contributed by atoms with Gasteiger partial charge in [0.15, 0.2) is 0 Å². The molecule has 2 rings (SSSR count). The van der Waals surface area contributed by atoms with Gasteiger partial charge in [0.05, 0.1) is 0 Å². The summed E-state index contributed by atoms with van der Waals surface area (Å²) in [5.41, 5.74) is 1.08. The van der Waals surface area contributed by atoms with Crippen molar-refractivity contribution in [2.24, 2.45) is 5.92 Å². The Hall–Kier alpha value is -1.60. The standard InChI is InChI=1S/C18H20S/c1-4-14(2)9-5-6-10-15(3)18-13-16-11-7-8-12-17(16)19-18/h5-14H,3-4H2,1-2H3/b9-5-,10-6-. The molecule has 0 spiro atoms. The van der Waals surface area contributed by atoms with Crippen molar-refractivity contribution in [3.8, 4) is 0 Å². The van der Waals surface area contributed by atoms with Crippen molar-refractivity contribution in [1.29, 1.82) is 0 Å². The number of hydrogen-bond acceptors (Lipinski definition) is 1. The smallest absolute Gasteiger partial charge is 0.0349 e. The van der Waals surface area contributed by atoms with E-state index in [0.29, 0.717) is 5.92 Å². The summed E-state index contributed by atoms with van der Waals surface area (Å²) in [4.78, 5) is 1.24. The molecule has 1 heteroatoms. The summed E-state index contributed by atoms with van der Waals surface area (Å²) in [6.07, 6.45) is 9.70. The number of rotatable bonds is 5. The van der Waals surface area contributed by atoms with Crippen molar-refractivity contribution in [1.82, 2.24) is 0 Å². The predicted molar refractivity (Wildman–Crippen MR) is 88.6 cm³/mol. The fourth-order valence-electron chi connectivity index (χ4n) is 1.78. The molecule has 19 heavy (non-hydrogen) atoms. The first-order valence-electron chi connectivity index (χ1n) is 6.73. The summed E-state index contributed by atoms with van der Waals surface area (Å²) in [7, 11) is 0. The lowest BCUT2D eigenvalue weighted by atomic mass is 10.1. The van der Waals surface area contributed by atoms with Crippen molar-refractivity contribution in [3.05, 3.63) is 66.1 Å². The van der Waals surface area contributed by atoms with E-state index in [1.165, 1.54) is 21.4 Å². The number of benzene rings is 1. The van der Waals surface area contributed by atoms with E-state index >= 15 is 0 Å². The van der Waals surface area contributed by atoms with Gasteiger partial charge in [-0.1, -0.05) is 69.4 Å². The molecule has 98 valence electrons. The highest BCUT2D eigenvalue weighted by Crippen LogP contribution is 2.30. The molecule has 1 aromatic heterocycles. The minimum atomic E-state index is 0.641. The molecular weight excluding hydrogens is 248 g/mol. The quantitative estimate of drug-likeness (QED) is 0.577. The Kier molecular flexibility index (Phi) is 4.75. The molecule has 1 unspecified atom stereocenters. The zero-order valence-corrected chi connectivity index (χ0v) is 12.4. The van der Waals surface area contributed by atoms with Crippen molar-refractivity contribution >= 4 is 27.0 Å². The molecule has 0 N–H and O–H groups in total. The molecule has 0 aliphatic heterocycles. The predicted octanol–water partition coefficient (Wildman–Crippen LogP) is 6.07. The van der Waals surface area contributed by atoms with Gasteiger partial charge in [0.2, 0.25) is 0 Å². The van der Waals surface area contributed by atoms with Crippen LogP contribution >= 0.6 is 11.3 Å². The van der Waals surface area contributed by atoms with E-state index in [4.69, 9.17) is 0 Å². The number of hydrogen-bond donors (Lipinski definition) is 0. The Morgan fingerprint density at radius 1 is 1.32 bits per heavy atom. The maximum Gasteiger partial charge on any atom is 0.0349 e. The minimum absolute atomic E-state index is 0.641. The molecule has 0 nitrogen and oxygen atoms in total. The maximum atomic E-state index is 4.15. The van der Waals surface area contributed by atoms with Crippen molar-refractivity contribution in [3.63, 3.8) is 0 Å². The molecule has 0 aliphatic rings. The molecule has 0 amide bonds. The lowest BCUT2D eigenvalue weighted by Gasteiger charge is -1.97. The molecular formula is C18H20S. The van der Waals surface area contributed by atoms with Crippen LogP contribution in [0.25, 0.3) is 15.7 Å². The summed E-state index contributed by atoms with van der Waals surface area (Å²) in [6, 6.07) is 10.7. The highest BCUT2D eigenvalue weighted by Gasteiger charge is 2.01. The van der Waals surface area contributed by atoms with E-state index in [1.54, 1.807) is 11.3 Å². The van der Waals surface area contributed by atoms with Gasteiger partial charge in [0, 0.05) is 9.58 Å². The molecule has 0 saturated carbocycles. The van der Waals surface area contributed by atoms with Crippen LogP contribution in [0.5, 0.6) is 0 Å². The molecule has 1 heterocycles. The summed E-state index contributed by atoms with van der Waals surface area (Å²) in [5.74, 6) is 0.641. The molecule has 1 aromatic carbocycles. The second kappa shape index (κ2) is 6.53. The third-order valence-corrected chi connectivity index (χ3v) is 4.43. The van der Waals surface area contributed by atoms with E-state index in [-0.39, 0.29) is 0 Å². The van der Waals surface area contributed by atoms with Crippen LogP contribution in [-0.4, -0.2) is 0 Å². The van der Waals surface area contributed by atoms with Gasteiger partial charge in [-0.2, -0.15) is 0 Å².